The molecule has 2 rings (SSSR count). The zero-order chi connectivity index (χ0) is 15.6. The minimum atomic E-state index is -3.62. The van der Waals surface area contributed by atoms with Crippen molar-refractivity contribution in [3.05, 3.63) is 65.0 Å². The Hall–Kier alpha value is -1.72. The van der Waals surface area contributed by atoms with E-state index in [4.69, 9.17) is 5.73 Å². The molecule has 112 valence electrons. The average Bonchev–Trinajstić information content (AvgIpc) is 2.37. The Balaban J connectivity index is 2.28. The van der Waals surface area contributed by atoms with Crippen LogP contribution in [0.1, 0.15) is 22.7 Å². The molecule has 0 aliphatic heterocycles. The van der Waals surface area contributed by atoms with Crippen LogP contribution in [0, 0.1) is 19.7 Å². The van der Waals surface area contributed by atoms with Gasteiger partial charge in [-0.3, -0.25) is 0 Å². The van der Waals surface area contributed by atoms with Gasteiger partial charge < -0.3 is 5.73 Å². The quantitative estimate of drug-likeness (QED) is 0.944. The Morgan fingerprint density at radius 1 is 1.14 bits per heavy atom. The first-order chi connectivity index (χ1) is 9.79. The lowest BCUT2D eigenvalue weighted by atomic mass is 10.0. The number of sulfone groups is 1. The highest BCUT2D eigenvalue weighted by Crippen LogP contribution is 2.22. The van der Waals surface area contributed by atoms with Crippen molar-refractivity contribution in [3.63, 3.8) is 0 Å². The summed E-state index contributed by atoms with van der Waals surface area (Å²) in [6, 6.07) is 10.1. The van der Waals surface area contributed by atoms with Gasteiger partial charge >= 0.3 is 0 Å². The second kappa shape index (κ2) is 5.95. The molecular formula is C16H18FNO2S. The van der Waals surface area contributed by atoms with Gasteiger partial charge in [0.25, 0.3) is 0 Å². The molecule has 1 atom stereocenters. The van der Waals surface area contributed by atoms with Gasteiger partial charge in [0, 0.05) is 6.04 Å². The molecule has 2 N–H and O–H groups in total. The van der Waals surface area contributed by atoms with Gasteiger partial charge in [-0.05, 0) is 43.2 Å². The van der Waals surface area contributed by atoms with Crippen molar-refractivity contribution >= 4 is 9.84 Å². The van der Waals surface area contributed by atoms with E-state index in [1.807, 2.05) is 32.0 Å². The predicted molar refractivity (Wildman–Crippen MR) is 81.3 cm³/mol. The third-order valence-corrected chi connectivity index (χ3v) is 5.15. The minimum Gasteiger partial charge on any atom is -0.323 e. The summed E-state index contributed by atoms with van der Waals surface area (Å²) in [4.78, 5) is -0.0392. The van der Waals surface area contributed by atoms with Gasteiger partial charge in [0.05, 0.1) is 10.6 Å². The molecule has 0 aliphatic carbocycles. The molecule has 0 fully saturated rings. The van der Waals surface area contributed by atoms with Crippen molar-refractivity contribution in [2.24, 2.45) is 5.73 Å². The molecular weight excluding hydrogens is 289 g/mol. The largest absolute Gasteiger partial charge is 0.323 e. The molecule has 21 heavy (non-hydrogen) atoms. The lowest BCUT2D eigenvalue weighted by molar-refractivity contribution is 0.584. The summed E-state index contributed by atoms with van der Waals surface area (Å²) in [5.74, 6) is -0.823. The van der Waals surface area contributed by atoms with E-state index in [9.17, 15) is 12.8 Å². The van der Waals surface area contributed by atoms with Crippen LogP contribution in [-0.2, 0) is 9.84 Å². The second-order valence-corrected chi connectivity index (χ2v) is 7.24. The van der Waals surface area contributed by atoms with E-state index in [0.717, 1.165) is 22.8 Å². The van der Waals surface area contributed by atoms with Gasteiger partial charge in [0.15, 0.2) is 9.84 Å². The summed E-state index contributed by atoms with van der Waals surface area (Å²) >= 11 is 0. The minimum absolute atomic E-state index is 0.0392. The van der Waals surface area contributed by atoms with Gasteiger partial charge in [-0.1, -0.05) is 29.8 Å². The fraction of sp³-hybridized carbons (Fsp3) is 0.250. The maximum atomic E-state index is 13.2. The fourth-order valence-electron chi connectivity index (χ4n) is 2.32. The zero-order valence-electron chi connectivity index (χ0n) is 12.0. The van der Waals surface area contributed by atoms with Crippen molar-refractivity contribution in [2.45, 2.75) is 24.8 Å². The molecule has 0 aromatic heterocycles. The van der Waals surface area contributed by atoms with Gasteiger partial charge in [0.1, 0.15) is 5.82 Å². The first-order valence-electron chi connectivity index (χ1n) is 6.60. The van der Waals surface area contributed by atoms with Crippen LogP contribution >= 0.6 is 0 Å². The molecule has 0 heterocycles. The van der Waals surface area contributed by atoms with Crippen LogP contribution in [0.5, 0.6) is 0 Å². The summed E-state index contributed by atoms with van der Waals surface area (Å²) in [6.07, 6.45) is 0. The summed E-state index contributed by atoms with van der Waals surface area (Å²) < 4.78 is 37.8. The van der Waals surface area contributed by atoms with E-state index >= 15 is 0 Å². The molecule has 2 aromatic rings. The number of hydrogen-bond acceptors (Lipinski definition) is 3. The highest BCUT2D eigenvalue weighted by atomic mass is 32.2. The number of halogens is 1. The summed E-state index contributed by atoms with van der Waals surface area (Å²) in [5.41, 5.74) is 8.88. The molecule has 0 saturated heterocycles. The van der Waals surface area contributed by atoms with Gasteiger partial charge in [0.2, 0.25) is 0 Å². The van der Waals surface area contributed by atoms with Crippen molar-refractivity contribution in [1.82, 2.24) is 0 Å². The monoisotopic (exact) mass is 307 g/mol. The molecule has 0 saturated carbocycles. The average molecular weight is 307 g/mol. The standard InChI is InChI=1S/C16H18FNO2S/c1-11-6-7-15(12(2)8-11)16(18)10-21(19,20)14-5-3-4-13(17)9-14/h3-9,16H,10,18H2,1-2H3. The normalized spacial score (nSPS) is 13.1. The van der Waals surface area contributed by atoms with E-state index < -0.39 is 21.7 Å². The predicted octanol–water partition coefficient (Wildman–Crippen LogP) is 2.92. The van der Waals surface area contributed by atoms with Crippen LogP contribution in [0.15, 0.2) is 47.4 Å². The van der Waals surface area contributed by atoms with E-state index in [0.29, 0.717) is 0 Å². The summed E-state index contributed by atoms with van der Waals surface area (Å²) in [6.45, 7) is 3.86. The molecule has 2 aromatic carbocycles. The Morgan fingerprint density at radius 2 is 1.86 bits per heavy atom. The van der Waals surface area contributed by atoms with Crippen molar-refractivity contribution in [1.29, 1.82) is 0 Å². The molecule has 0 radical (unpaired) electrons. The van der Waals surface area contributed by atoms with Crippen LogP contribution in [0.3, 0.4) is 0 Å². The molecule has 0 bridgehead atoms. The van der Waals surface area contributed by atoms with E-state index in [2.05, 4.69) is 0 Å². The topological polar surface area (TPSA) is 60.2 Å². The van der Waals surface area contributed by atoms with Crippen LogP contribution in [0.25, 0.3) is 0 Å². The SMILES string of the molecule is Cc1ccc(C(N)CS(=O)(=O)c2cccc(F)c2)c(C)c1. The molecule has 0 aliphatic rings. The Labute approximate surface area is 124 Å². The highest BCUT2D eigenvalue weighted by molar-refractivity contribution is 7.91. The molecule has 3 nitrogen and oxygen atoms in total. The Bertz CT molecular complexity index is 757. The first-order valence-corrected chi connectivity index (χ1v) is 8.26. The maximum Gasteiger partial charge on any atom is 0.180 e. The molecule has 5 heteroatoms. The summed E-state index contributed by atoms with van der Waals surface area (Å²) in [5, 5.41) is 0. The van der Waals surface area contributed by atoms with Crippen LogP contribution in [0.2, 0.25) is 0 Å². The van der Waals surface area contributed by atoms with Crippen molar-refractivity contribution < 1.29 is 12.8 Å². The van der Waals surface area contributed by atoms with E-state index in [-0.39, 0.29) is 10.6 Å². The Kier molecular flexibility index (Phi) is 4.44. The molecule has 0 spiro atoms. The lowest BCUT2D eigenvalue weighted by Gasteiger charge is -2.15. The fourth-order valence-corrected chi connectivity index (χ4v) is 3.75. The number of aryl methyl sites for hydroxylation is 2. The lowest BCUT2D eigenvalue weighted by Crippen LogP contribution is -2.22. The third-order valence-electron chi connectivity index (χ3n) is 3.38. The first kappa shape index (κ1) is 15.7. The van der Waals surface area contributed by atoms with Crippen LogP contribution in [-0.4, -0.2) is 14.2 Å². The Morgan fingerprint density at radius 3 is 2.48 bits per heavy atom. The molecule has 0 amide bonds. The third kappa shape index (κ3) is 3.68. The maximum absolute atomic E-state index is 13.2. The van der Waals surface area contributed by atoms with Gasteiger partial charge in [-0.2, -0.15) is 0 Å². The number of hydrogen-bond donors (Lipinski definition) is 1. The number of rotatable bonds is 4. The van der Waals surface area contributed by atoms with E-state index in [1.165, 1.54) is 18.2 Å². The van der Waals surface area contributed by atoms with Gasteiger partial charge in [-0.25, -0.2) is 12.8 Å². The van der Waals surface area contributed by atoms with Crippen molar-refractivity contribution in [3.8, 4) is 0 Å². The summed E-state index contributed by atoms with van der Waals surface area (Å²) in [7, 11) is -3.62. The van der Waals surface area contributed by atoms with Crippen LogP contribution in [0.4, 0.5) is 4.39 Å². The van der Waals surface area contributed by atoms with Crippen LogP contribution < -0.4 is 5.73 Å². The number of nitrogens with two attached hydrogens (primary N) is 1. The highest BCUT2D eigenvalue weighted by Gasteiger charge is 2.21. The second-order valence-electron chi connectivity index (χ2n) is 5.21. The van der Waals surface area contributed by atoms with Crippen molar-refractivity contribution in [2.75, 3.05) is 5.75 Å². The van der Waals surface area contributed by atoms with Gasteiger partial charge in [-0.15, -0.1) is 0 Å². The smallest absolute Gasteiger partial charge is 0.180 e. The number of benzene rings is 2. The molecule has 1 unspecified atom stereocenters. The zero-order valence-corrected chi connectivity index (χ0v) is 12.8. The van der Waals surface area contributed by atoms with E-state index in [1.54, 1.807) is 0 Å².